The molecule has 0 aromatic carbocycles. The highest BCUT2D eigenvalue weighted by atomic mass is 14.9. The monoisotopic (exact) mass is 209 g/mol. The molecule has 0 amide bonds. The first-order valence-electron chi connectivity index (χ1n) is 6.57. The first-order valence-corrected chi connectivity index (χ1v) is 6.57. The molecule has 0 unspecified atom stereocenters. The van der Waals surface area contributed by atoms with Gasteiger partial charge in [0.25, 0.3) is 0 Å². The minimum atomic E-state index is 0.856. The molecular weight excluding hydrogens is 182 g/mol. The first-order chi connectivity index (χ1) is 7.18. The SMILES string of the molecule is CC(=CCCNC1CC1)CCCC(C)C. The van der Waals surface area contributed by atoms with Gasteiger partial charge in [-0.25, -0.2) is 0 Å². The van der Waals surface area contributed by atoms with E-state index in [9.17, 15) is 0 Å². The summed E-state index contributed by atoms with van der Waals surface area (Å²) < 4.78 is 0. The summed E-state index contributed by atoms with van der Waals surface area (Å²) in [5.41, 5.74) is 1.58. The predicted octanol–water partition coefficient (Wildman–Crippen LogP) is 3.90. The number of rotatable bonds is 8. The van der Waals surface area contributed by atoms with Crippen molar-refractivity contribution in [1.82, 2.24) is 5.32 Å². The van der Waals surface area contributed by atoms with E-state index in [0.29, 0.717) is 0 Å². The van der Waals surface area contributed by atoms with Gasteiger partial charge in [0.05, 0.1) is 0 Å². The fraction of sp³-hybridized carbons (Fsp3) is 0.857. The highest BCUT2D eigenvalue weighted by Gasteiger charge is 2.19. The molecule has 0 aromatic heterocycles. The zero-order valence-corrected chi connectivity index (χ0v) is 10.7. The van der Waals surface area contributed by atoms with Crippen LogP contribution >= 0.6 is 0 Å². The highest BCUT2D eigenvalue weighted by molar-refractivity contribution is 4.98. The van der Waals surface area contributed by atoms with Crippen LogP contribution < -0.4 is 5.32 Å². The van der Waals surface area contributed by atoms with Gasteiger partial charge < -0.3 is 5.32 Å². The molecule has 1 fully saturated rings. The summed E-state index contributed by atoms with van der Waals surface area (Å²) in [7, 11) is 0. The molecule has 0 bridgehead atoms. The maximum Gasteiger partial charge on any atom is 0.00683 e. The molecule has 1 aliphatic rings. The summed E-state index contributed by atoms with van der Waals surface area (Å²) in [6.45, 7) is 8.06. The average Bonchev–Trinajstić information content (AvgIpc) is 2.95. The molecule has 1 saturated carbocycles. The lowest BCUT2D eigenvalue weighted by Gasteiger charge is -2.05. The molecule has 0 aliphatic heterocycles. The van der Waals surface area contributed by atoms with Gasteiger partial charge in [0.1, 0.15) is 0 Å². The number of hydrogen-bond donors (Lipinski definition) is 1. The van der Waals surface area contributed by atoms with Gasteiger partial charge in [-0.1, -0.05) is 31.9 Å². The van der Waals surface area contributed by atoms with Crippen LogP contribution in [0.4, 0.5) is 0 Å². The van der Waals surface area contributed by atoms with Gasteiger partial charge in [0.15, 0.2) is 0 Å². The van der Waals surface area contributed by atoms with Crippen LogP contribution in [0.3, 0.4) is 0 Å². The van der Waals surface area contributed by atoms with Crippen molar-refractivity contribution in [3.63, 3.8) is 0 Å². The van der Waals surface area contributed by atoms with Gasteiger partial charge in [-0.15, -0.1) is 0 Å². The molecule has 0 aromatic rings. The van der Waals surface area contributed by atoms with Crippen LogP contribution in [0, 0.1) is 5.92 Å². The molecule has 15 heavy (non-hydrogen) atoms. The smallest absolute Gasteiger partial charge is 0.00683 e. The minimum absolute atomic E-state index is 0.856. The van der Waals surface area contributed by atoms with Crippen molar-refractivity contribution in [2.24, 2.45) is 5.92 Å². The third-order valence-electron chi connectivity index (χ3n) is 3.00. The Hall–Kier alpha value is -0.300. The normalized spacial score (nSPS) is 17.5. The largest absolute Gasteiger partial charge is 0.314 e. The second-order valence-electron chi connectivity index (χ2n) is 5.35. The zero-order valence-electron chi connectivity index (χ0n) is 10.7. The Labute approximate surface area is 95.3 Å². The Morgan fingerprint density at radius 3 is 2.73 bits per heavy atom. The quantitative estimate of drug-likeness (QED) is 0.472. The summed E-state index contributed by atoms with van der Waals surface area (Å²) in [6, 6.07) is 0.861. The van der Waals surface area contributed by atoms with Gasteiger partial charge in [0, 0.05) is 6.04 Å². The van der Waals surface area contributed by atoms with Crippen molar-refractivity contribution < 1.29 is 0 Å². The van der Waals surface area contributed by atoms with Crippen LogP contribution in [-0.4, -0.2) is 12.6 Å². The van der Waals surface area contributed by atoms with E-state index < -0.39 is 0 Å². The van der Waals surface area contributed by atoms with Crippen LogP contribution in [0.5, 0.6) is 0 Å². The first kappa shape index (κ1) is 12.8. The summed E-state index contributed by atoms with van der Waals surface area (Å²) >= 11 is 0. The fourth-order valence-electron chi connectivity index (χ4n) is 1.78. The second-order valence-corrected chi connectivity index (χ2v) is 5.35. The van der Waals surface area contributed by atoms with Gasteiger partial charge in [-0.2, -0.15) is 0 Å². The zero-order chi connectivity index (χ0) is 11.1. The van der Waals surface area contributed by atoms with E-state index in [1.54, 1.807) is 5.57 Å². The van der Waals surface area contributed by atoms with E-state index in [4.69, 9.17) is 0 Å². The summed E-state index contributed by atoms with van der Waals surface area (Å²) in [6.07, 6.45) is 10.4. The van der Waals surface area contributed by atoms with Gasteiger partial charge in [0.2, 0.25) is 0 Å². The molecule has 0 heterocycles. The standard InChI is InChI=1S/C14H27N/c1-12(2)6-4-7-13(3)8-5-11-15-14-9-10-14/h8,12,14-15H,4-7,9-11H2,1-3H3. The molecule has 0 spiro atoms. The molecule has 1 aliphatic carbocycles. The third-order valence-corrected chi connectivity index (χ3v) is 3.00. The van der Waals surface area contributed by atoms with Crippen LogP contribution in [-0.2, 0) is 0 Å². The Morgan fingerprint density at radius 2 is 2.13 bits per heavy atom. The van der Waals surface area contributed by atoms with Gasteiger partial charge in [-0.05, 0) is 51.5 Å². The van der Waals surface area contributed by atoms with E-state index in [2.05, 4.69) is 32.2 Å². The Kier molecular flexibility index (Phi) is 6.00. The molecule has 1 nitrogen and oxygen atoms in total. The molecule has 1 N–H and O–H groups in total. The van der Waals surface area contributed by atoms with E-state index >= 15 is 0 Å². The number of hydrogen-bond acceptors (Lipinski definition) is 1. The lowest BCUT2D eigenvalue weighted by atomic mass is 10.0. The van der Waals surface area contributed by atoms with E-state index in [-0.39, 0.29) is 0 Å². The molecule has 1 rings (SSSR count). The summed E-state index contributed by atoms with van der Waals surface area (Å²) in [5.74, 6) is 0.856. The van der Waals surface area contributed by atoms with E-state index in [0.717, 1.165) is 12.0 Å². The number of allylic oxidation sites excluding steroid dienone is 1. The summed E-state index contributed by atoms with van der Waals surface area (Å²) in [5, 5.41) is 3.54. The topological polar surface area (TPSA) is 12.0 Å². The van der Waals surface area contributed by atoms with Crippen LogP contribution in [0.25, 0.3) is 0 Å². The Balaban J connectivity index is 1.93. The molecular formula is C14H27N. The maximum absolute atomic E-state index is 3.54. The average molecular weight is 209 g/mol. The molecule has 88 valence electrons. The van der Waals surface area contributed by atoms with Crippen LogP contribution in [0.1, 0.15) is 59.3 Å². The van der Waals surface area contributed by atoms with Crippen molar-refractivity contribution in [1.29, 1.82) is 0 Å². The van der Waals surface area contributed by atoms with E-state index in [1.165, 1.54) is 45.1 Å². The maximum atomic E-state index is 3.54. The molecule has 0 radical (unpaired) electrons. The predicted molar refractivity (Wildman–Crippen MR) is 68.1 cm³/mol. The van der Waals surface area contributed by atoms with Crippen LogP contribution in [0.15, 0.2) is 11.6 Å². The molecule has 1 heteroatoms. The highest BCUT2D eigenvalue weighted by Crippen LogP contribution is 2.18. The minimum Gasteiger partial charge on any atom is -0.314 e. The van der Waals surface area contributed by atoms with Crippen molar-refractivity contribution >= 4 is 0 Å². The summed E-state index contributed by atoms with van der Waals surface area (Å²) in [4.78, 5) is 0. The second kappa shape index (κ2) is 7.05. The Morgan fingerprint density at radius 1 is 1.40 bits per heavy atom. The molecule has 0 saturated heterocycles. The molecule has 0 atom stereocenters. The lowest BCUT2D eigenvalue weighted by Crippen LogP contribution is -2.16. The van der Waals surface area contributed by atoms with Crippen LogP contribution in [0.2, 0.25) is 0 Å². The van der Waals surface area contributed by atoms with Gasteiger partial charge >= 0.3 is 0 Å². The van der Waals surface area contributed by atoms with E-state index in [1.807, 2.05) is 0 Å². The lowest BCUT2D eigenvalue weighted by molar-refractivity contribution is 0.554. The third kappa shape index (κ3) is 7.61. The number of nitrogens with one attached hydrogen (secondary N) is 1. The van der Waals surface area contributed by atoms with Crippen molar-refractivity contribution in [2.75, 3.05) is 6.54 Å². The van der Waals surface area contributed by atoms with Crippen molar-refractivity contribution in [3.05, 3.63) is 11.6 Å². The fourth-order valence-corrected chi connectivity index (χ4v) is 1.78. The van der Waals surface area contributed by atoms with Crippen molar-refractivity contribution in [2.45, 2.75) is 65.3 Å². The Bertz CT molecular complexity index is 190. The van der Waals surface area contributed by atoms with Gasteiger partial charge in [-0.3, -0.25) is 0 Å². The van der Waals surface area contributed by atoms with Crippen molar-refractivity contribution in [3.8, 4) is 0 Å².